The average molecular weight is 691 g/mol. The number of carbonyl (C=O) groups is 1. The summed E-state index contributed by atoms with van der Waals surface area (Å²) in [7, 11) is 1.58. The fraction of sp³-hybridized carbons (Fsp3) is 0.556. The van der Waals surface area contributed by atoms with Gasteiger partial charge < -0.3 is 25.4 Å². The summed E-state index contributed by atoms with van der Waals surface area (Å²) in [5, 5.41) is 7.27. The number of fused-ring (bicyclic) bond motifs is 3. The Hall–Kier alpha value is -4.35. The minimum atomic E-state index is -4.72. The van der Waals surface area contributed by atoms with Gasteiger partial charge in [0.05, 0.1) is 41.7 Å². The third kappa shape index (κ3) is 5.55. The Kier molecular flexibility index (Phi) is 7.80. The summed E-state index contributed by atoms with van der Waals surface area (Å²) in [5.74, 6) is 2.52. The third-order valence-electron chi connectivity index (χ3n) is 11.4. The predicted octanol–water partition coefficient (Wildman–Crippen LogP) is 4.55. The summed E-state index contributed by atoms with van der Waals surface area (Å²) in [6.45, 7) is 6.14. The molecule has 2 unspecified atom stereocenters. The van der Waals surface area contributed by atoms with E-state index in [4.69, 9.17) is 31.6 Å². The highest BCUT2D eigenvalue weighted by atomic mass is 19.4. The molecule has 1 amide bonds. The quantitative estimate of drug-likeness (QED) is 0.284. The van der Waals surface area contributed by atoms with Crippen LogP contribution in [0.1, 0.15) is 94.3 Å². The van der Waals surface area contributed by atoms with Crippen molar-refractivity contribution in [3.8, 4) is 18.4 Å². The summed E-state index contributed by atoms with van der Waals surface area (Å²) in [4.78, 5) is 27.1. The summed E-state index contributed by atoms with van der Waals surface area (Å²) in [6.07, 6.45) is 6.36. The van der Waals surface area contributed by atoms with E-state index in [1.807, 2.05) is 11.6 Å². The molecule has 1 spiro atoms. The van der Waals surface area contributed by atoms with Gasteiger partial charge in [-0.1, -0.05) is 5.92 Å². The SMILES string of the molecule is C#Cc1cc(N)cc(C2Cc3nc(OCC45CCCN4CC4(CC4)C5)nc(N4CCCn5nc(C(=O)NC)c(C)c5C4)c3CO2)c1C(F)(F)F. The molecule has 1 aliphatic carbocycles. The Bertz CT molecular complexity index is 1920. The number of aromatic nitrogens is 4. The van der Waals surface area contributed by atoms with E-state index in [-0.39, 0.29) is 47.3 Å². The molecule has 4 aliphatic heterocycles. The number of aryl methyl sites for hydroxylation is 1. The summed E-state index contributed by atoms with van der Waals surface area (Å²) in [6, 6.07) is 2.66. The van der Waals surface area contributed by atoms with Crippen molar-refractivity contribution in [1.82, 2.24) is 30.0 Å². The van der Waals surface area contributed by atoms with Crippen molar-refractivity contribution >= 4 is 17.4 Å². The molecule has 1 aromatic carbocycles. The standard InChI is InChI=1S/C36H41F3N8O3/c1-4-22-13-23(40)14-24(29(22)36(37,38)39)28-15-26-25(17-49-28)31(45-10-6-12-47-27(16-45)21(2)30(44-47)32(48)41-3)43-33(42-26)50-20-35-7-5-11-46(35)19-34(18-35)8-9-34/h1,13-14,28H,5-12,15-20,40H2,2-3H3,(H,41,48). The van der Waals surface area contributed by atoms with Gasteiger partial charge in [-0.15, -0.1) is 6.42 Å². The van der Waals surface area contributed by atoms with E-state index >= 15 is 0 Å². The van der Waals surface area contributed by atoms with E-state index in [1.54, 1.807) is 7.05 Å². The van der Waals surface area contributed by atoms with Crippen molar-refractivity contribution < 1.29 is 27.4 Å². The van der Waals surface area contributed by atoms with E-state index in [0.717, 1.165) is 56.1 Å². The number of halogens is 3. The number of hydrogen-bond donors (Lipinski definition) is 2. The number of nitrogens with two attached hydrogens (primary N) is 1. The maximum Gasteiger partial charge on any atom is 0.417 e. The molecule has 6 heterocycles. The number of anilines is 2. The Morgan fingerprint density at radius 3 is 2.76 bits per heavy atom. The van der Waals surface area contributed by atoms with Gasteiger partial charge in [0.25, 0.3) is 5.91 Å². The van der Waals surface area contributed by atoms with Gasteiger partial charge in [0.15, 0.2) is 5.69 Å². The number of ether oxygens (including phenoxy) is 2. The first-order chi connectivity index (χ1) is 23.9. The molecule has 50 heavy (non-hydrogen) atoms. The molecular formula is C36H41F3N8O3. The lowest BCUT2D eigenvalue weighted by molar-refractivity contribution is -0.140. The number of alkyl halides is 3. The zero-order valence-corrected chi connectivity index (χ0v) is 28.3. The van der Waals surface area contributed by atoms with E-state index < -0.39 is 17.8 Å². The van der Waals surface area contributed by atoms with Gasteiger partial charge in [0.1, 0.15) is 12.4 Å². The summed E-state index contributed by atoms with van der Waals surface area (Å²) >= 11 is 0. The molecule has 3 fully saturated rings. The van der Waals surface area contributed by atoms with Crippen LogP contribution in [0.4, 0.5) is 24.7 Å². The Morgan fingerprint density at radius 2 is 2.02 bits per heavy atom. The number of nitrogens with one attached hydrogen (secondary N) is 1. The molecular weight excluding hydrogens is 649 g/mol. The molecule has 1 saturated carbocycles. The van der Waals surface area contributed by atoms with Gasteiger partial charge in [-0.2, -0.15) is 28.2 Å². The second-order valence-corrected chi connectivity index (χ2v) is 14.6. The number of hydrogen-bond acceptors (Lipinski definition) is 9. The predicted molar refractivity (Wildman–Crippen MR) is 178 cm³/mol. The first-order valence-corrected chi connectivity index (χ1v) is 17.3. The molecule has 3 N–H and O–H groups in total. The molecule has 0 bridgehead atoms. The van der Waals surface area contributed by atoms with Gasteiger partial charge in [0.2, 0.25) is 0 Å². The zero-order chi connectivity index (χ0) is 35.0. The lowest BCUT2D eigenvalue weighted by Gasteiger charge is -2.33. The number of carbonyl (C=O) groups excluding carboxylic acids is 1. The molecule has 264 valence electrons. The van der Waals surface area contributed by atoms with Gasteiger partial charge in [-0.3, -0.25) is 14.4 Å². The number of benzene rings is 1. The highest BCUT2D eigenvalue weighted by Crippen LogP contribution is 2.60. The van der Waals surface area contributed by atoms with Crippen molar-refractivity contribution in [2.75, 3.05) is 43.9 Å². The van der Waals surface area contributed by atoms with Gasteiger partial charge >= 0.3 is 12.2 Å². The van der Waals surface area contributed by atoms with Crippen LogP contribution in [0.25, 0.3) is 0 Å². The van der Waals surface area contributed by atoms with Crippen LogP contribution in [0.5, 0.6) is 6.01 Å². The minimum absolute atomic E-state index is 0.0223. The molecule has 14 heteroatoms. The lowest BCUT2D eigenvalue weighted by atomic mass is 9.89. The van der Waals surface area contributed by atoms with Crippen LogP contribution in [0.3, 0.4) is 0 Å². The Balaban J connectivity index is 1.17. The normalized spacial score (nSPS) is 23.9. The lowest BCUT2D eigenvalue weighted by Crippen LogP contribution is -2.43. The largest absolute Gasteiger partial charge is 0.461 e. The summed E-state index contributed by atoms with van der Waals surface area (Å²) in [5.41, 5.74) is 8.46. The van der Waals surface area contributed by atoms with Crippen LogP contribution in [-0.4, -0.2) is 69.4 Å². The smallest absolute Gasteiger partial charge is 0.417 e. The Morgan fingerprint density at radius 1 is 1.20 bits per heavy atom. The van der Waals surface area contributed by atoms with E-state index in [2.05, 4.69) is 26.1 Å². The number of nitrogens with zero attached hydrogens (tertiary/aromatic N) is 6. The fourth-order valence-electron chi connectivity index (χ4n) is 8.81. The zero-order valence-electron chi connectivity index (χ0n) is 28.3. The first-order valence-electron chi connectivity index (χ1n) is 17.3. The van der Waals surface area contributed by atoms with Gasteiger partial charge in [0, 0.05) is 55.5 Å². The van der Waals surface area contributed by atoms with E-state index in [0.29, 0.717) is 54.4 Å². The van der Waals surface area contributed by atoms with Crippen molar-refractivity contribution in [2.45, 2.75) is 89.4 Å². The number of nitrogen functional groups attached to an aromatic ring is 1. The van der Waals surface area contributed by atoms with E-state index in [9.17, 15) is 18.0 Å². The molecule has 11 nitrogen and oxygen atoms in total. The Labute approximate surface area is 288 Å². The summed E-state index contributed by atoms with van der Waals surface area (Å²) < 4.78 is 58.0. The third-order valence-corrected chi connectivity index (χ3v) is 11.4. The number of terminal acetylenes is 1. The van der Waals surface area contributed by atoms with Crippen LogP contribution in [0.15, 0.2) is 12.1 Å². The average Bonchev–Trinajstić information content (AvgIpc) is 3.58. The van der Waals surface area contributed by atoms with Crippen LogP contribution in [0.2, 0.25) is 0 Å². The maximum atomic E-state index is 14.4. The van der Waals surface area contributed by atoms with E-state index in [1.165, 1.54) is 18.9 Å². The van der Waals surface area contributed by atoms with Crippen molar-refractivity contribution in [3.63, 3.8) is 0 Å². The highest BCUT2D eigenvalue weighted by molar-refractivity contribution is 5.93. The molecule has 2 saturated heterocycles. The molecule has 5 aliphatic rings. The van der Waals surface area contributed by atoms with Crippen LogP contribution in [0, 0.1) is 24.7 Å². The van der Waals surface area contributed by atoms with Crippen molar-refractivity contribution in [2.24, 2.45) is 5.41 Å². The first kappa shape index (κ1) is 32.8. The fourth-order valence-corrected chi connectivity index (χ4v) is 8.81. The van der Waals surface area contributed by atoms with Crippen LogP contribution < -0.4 is 20.7 Å². The second kappa shape index (κ2) is 11.9. The second-order valence-electron chi connectivity index (χ2n) is 14.6. The molecule has 8 rings (SSSR count). The van der Waals surface area contributed by atoms with Crippen molar-refractivity contribution in [1.29, 1.82) is 0 Å². The van der Waals surface area contributed by atoms with Crippen molar-refractivity contribution in [3.05, 3.63) is 57.0 Å². The molecule has 2 atom stereocenters. The number of amides is 1. The van der Waals surface area contributed by atoms with Gasteiger partial charge in [-0.25, -0.2) is 0 Å². The minimum Gasteiger partial charge on any atom is -0.461 e. The maximum absolute atomic E-state index is 14.4. The molecule has 3 aromatic rings. The number of rotatable bonds is 6. The molecule has 0 radical (unpaired) electrons. The monoisotopic (exact) mass is 690 g/mol. The van der Waals surface area contributed by atoms with Gasteiger partial charge in [-0.05, 0) is 75.1 Å². The highest BCUT2D eigenvalue weighted by Gasteiger charge is 2.60. The van der Waals surface area contributed by atoms with Crippen LogP contribution >= 0.6 is 0 Å². The molecule has 2 aromatic heterocycles. The van der Waals surface area contributed by atoms with Crippen LogP contribution in [-0.2, 0) is 37.0 Å². The topological polar surface area (TPSA) is 124 Å².